The van der Waals surface area contributed by atoms with Crippen LogP contribution in [-0.4, -0.2) is 63.7 Å². The summed E-state index contributed by atoms with van der Waals surface area (Å²) in [5, 5.41) is 6.87. The van der Waals surface area contributed by atoms with Gasteiger partial charge in [0.25, 0.3) is 0 Å². The molecule has 2 N–H and O–H groups in total. The fourth-order valence-electron chi connectivity index (χ4n) is 3.34. The number of thiophene rings is 1. The van der Waals surface area contributed by atoms with Crippen molar-refractivity contribution >= 4 is 33.2 Å². The molecule has 0 unspecified atom stereocenters. The maximum absolute atomic E-state index is 13.3. The molecule has 2 aliphatic heterocycles. The summed E-state index contributed by atoms with van der Waals surface area (Å²) in [7, 11) is -3.93. The predicted octanol–water partition coefficient (Wildman–Crippen LogP) is 0.689. The van der Waals surface area contributed by atoms with Gasteiger partial charge in [-0.1, -0.05) is 6.07 Å². The van der Waals surface area contributed by atoms with E-state index in [4.69, 9.17) is 14.2 Å². The number of nitrogens with one attached hydrogen (secondary N) is 2. The first-order valence-corrected chi connectivity index (χ1v) is 12.4. The third-order valence-electron chi connectivity index (χ3n) is 4.92. The molecule has 2 amide bonds. The lowest BCUT2D eigenvalue weighted by Gasteiger charge is -2.34. The Labute approximate surface area is 189 Å². The highest BCUT2D eigenvalue weighted by atomic mass is 32.2. The van der Waals surface area contributed by atoms with Crippen molar-refractivity contribution < 1.29 is 32.2 Å². The zero-order chi connectivity index (χ0) is 22.6. The van der Waals surface area contributed by atoms with Crippen molar-refractivity contribution in [1.29, 1.82) is 0 Å². The Morgan fingerprint density at radius 3 is 2.62 bits per heavy atom. The number of carbonyl (C=O) groups is 2. The molecule has 172 valence electrons. The van der Waals surface area contributed by atoms with Crippen molar-refractivity contribution in [2.75, 3.05) is 32.9 Å². The van der Waals surface area contributed by atoms with Crippen LogP contribution < -0.4 is 20.1 Å². The lowest BCUT2D eigenvalue weighted by molar-refractivity contribution is -0.140. The first-order chi connectivity index (χ1) is 15.4. The van der Waals surface area contributed by atoms with Gasteiger partial charge in [0, 0.05) is 17.5 Å². The van der Waals surface area contributed by atoms with E-state index in [0.717, 1.165) is 4.88 Å². The quantitative estimate of drug-likeness (QED) is 0.582. The Bertz CT molecular complexity index is 1070. The number of sulfonamides is 1. The van der Waals surface area contributed by atoms with Crippen LogP contribution in [0.3, 0.4) is 0 Å². The number of rotatable bonds is 6. The molecule has 1 atom stereocenters. The second-order valence-corrected chi connectivity index (χ2v) is 10.00. The molecular formula is C20H23N3O7S2. The van der Waals surface area contributed by atoms with E-state index in [9.17, 15) is 18.0 Å². The van der Waals surface area contributed by atoms with Gasteiger partial charge < -0.3 is 24.8 Å². The largest absolute Gasteiger partial charge is 0.486 e. The molecule has 1 aromatic carbocycles. The summed E-state index contributed by atoms with van der Waals surface area (Å²) in [5.41, 5.74) is 0. The van der Waals surface area contributed by atoms with Gasteiger partial charge in [-0.3, -0.25) is 9.59 Å². The Hall–Kier alpha value is -2.67. The van der Waals surface area contributed by atoms with Gasteiger partial charge in [-0.15, -0.1) is 11.3 Å². The number of carbonyl (C=O) groups excluding carboxylic acids is 2. The molecule has 4 rings (SSSR count). The van der Waals surface area contributed by atoms with Crippen LogP contribution in [0.2, 0.25) is 0 Å². The average Bonchev–Trinajstić information content (AvgIpc) is 3.34. The third-order valence-corrected chi connectivity index (χ3v) is 7.68. The summed E-state index contributed by atoms with van der Waals surface area (Å²) < 4.78 is 44.2. The molecule has 1 fully saturated rings. The van der Waals surface area contributed by atoms with E-state index in [-0.39, 0.29) is 24.5 Å². The number of ether oxygens (including phenoxy) is 3. The zero-order valence-electron chi connectivity index (χ0n) is 17.1. The smallest absolute Gasteiger partial charge is 0.309 e. The van der Waals surface area contributed by atoms with Crippen LogP contribution in [0.25, 0.3) is 0 Å². The van der Waals surface area contributed by atoms with Crippen LogP contribution >= 0.6 is 11.3 Å². The van der Waals surface area contributed by atoms with Gasteiger partial charge >= 0.3 is 11.8 Å². The van der Waals surface area contributed by atoms with Crippen LogP contribution in [0.4, 0.5) is 0 Å². The SMILES string of the molecule is O=C(NCc1cccs1)C(=O)NC[C@H]1OCCCN1S(=O)(=O)c1ccc2c(c1)OCCO2. The van der Waals surface area contributed by atoms with Crippen molar-refractivity contribution in [3.8, 4) is 11.5 Å². The maximum Gasteiger partial charge on any atom is 0.309 e. The Balaban J connectivity index is 1.40. The number of hydrogen-bond acceptors (Lipinski definition) is 8. The van der Waals surface area contributed by atoms with Gasteiger partial charge in [0.1, 0.15) is 19.4 Å². The van der Waals surface area contributed by atoms with E-state index < -0.39 is 28.1 Å². The summed E-state index contributed by atoms with van der Waals surface area (Å²) in [6.07, 6.45) is -0.425. The summed E-state index contributed by atoms with van der Waals surface area (Å²) in [4.78, 5) is 25.1. The molecule has 2 aromatic rings. The number of fused-ring (bicyclic) bond motifs is 1. The van der Waals surface area contributed by atoms with Gasteiger partial charge in [-0.2, -0.15) is 4.31 Å². The maximum atomic E-state index is 13.3. The Morgan fingerprint density at radius 2 is 1.84 bits per heavy atom. The van der Waals surface area contributed by atoms with Crippen molar-refractivity contribution in [3.05, 3.63) is 40.6 Å². The van der Waals surface area contributed by atoms with E-state index >= 15 is 0 Å². The zero-order valence-corrected chi connectivity index (χ0v) is 18.7. The fourth-order valence-corrected chi connectivity index (χ4v) is 5.57. The van der Waals surface area contributed by atoms with Gasteiger partial charge in [0.05, 0.1) is 24.6 Å². The molecule has 32 heavy (non-hydrogen) atoms. The van der Waals surface area contributed by atoms with Crippen molar-refractivity contribution in [2.24, 2.45) is 0 Å². The molecule has 2 aliphatic rings. The van der Waals surface area contributed by atoms with Crippen LogP contribution in [0.5, 0.6) is 11.5 Å². The topological polar surface area (TPSA) is 123 Å². The Kier molecular flexibility index (Phi) is 6.94. The summed E-state index contributed by atoms with van der Waals surface area (Å²) in [6, 6.07) is 8.13. The molecule has 10 nitrogen and oxygen atoms in total. The van der Waals surface area contributed by atoms with Crippen LogP contribution in [0, 0.1) is 0 Å². The Morgan fingerprint density at radius 1 is 1.06 bits per heavy atom. The van der Waals surface area contributed by atoms with Gasteiger partial charge in [-0.05, 0) is 30.0 Å². The molecule has 3 heterocycles. The van der Waals surface area contributed by atoms with Gasteiger partial charge in [0.15, 0.2) is 11.5 Å². The molecule has 0 aliphatic carbocycles. The number of nitrogens with zero attached hydrogens (tertiary/aromatic N) is 1. The van der Waals surface area contributed by atoms with E-state index in [1.165, 1.54) is 27.8 Å². The highest BCUT2D eigenvalue weighted by Crippen LogP contribution is 2.34. The normalized spacial score (nSPS) is 18.7. The van der Waals surface area contributed by atoms with Crippen LogP contribution in [0.15, 0.2) is 40.6 Å². The average molecular weight is 482 g/mol. The van der Waals surface area contributed by atoms with Crippen molar-refractivity contribution in [3.63, 3.8) is 0 Å². The predicted molar refractivity (Wildman–Crippen MR) is 115 cm³/mol. The molecule has 0 radical (unpaired) electrons. The van der Waals surface area contributed by atoms with E-state index in [1.807, 2.05) is 17.5 Å². The summed E-state index contributed by atoms with van der Waals surface area (Å²) in [5.74, 6) is -0.798. The van der Waals surface area contributed by atoms with E-state index in [2.05, 4.69) is 10.6 Å². The summed E-state index contributed by atoms with van der Waals surface area (Å²) >= 11 is 1.47. The first kappa shape index (κ1) is 22.5. The standard InChI is InChI=1S/C20H23N3O7S2/c24-19(21-12-14-3-1-10-31-14)20(25)22-13-18-23(6-2-7-30-18)32(26,27)15-4-5-16-17(11-15)29-9-8-28-16/h1,3-5,10-11,18H,2,6-9,12-13H2,(H,21,24)(H,22,25)/t18-/m1/s1. The second-order valence-electron chi connectivity index (χ2n) is 7.07. The highest BCUT2D eigenvalue weighted by Gasteiger charge is 2.35. The molecule has 0 spiro atoms. The molecular weight excluding hydrogens is 458 g/mol. The first-order valence-electron chi connectivity index (χ1n) is 10.1. The van der Waals surface area contributed by atoms with Gasteiger partial charge in [0.2, 0.25) is 10.0 Å². The minimum atomic E-state index is -3.93. The molecule has 0 bridgehead atoms. The lowest BCUT2D eigenvalue weighted by Crippen LogP contribution is -2.53. The van der Waals surface area contributed by atoms with E-state index in [1.54, 1.807) is 6.07 Å². The van der Waals surface area contributed by atoms with Crippen LogP contribution in [0.1, 0.15) is 11.3 Å². The van der Waals surface area contributed by atoms with Crippen LogP contribution in [-0.2, 0) is 30.9 Å². The fraction of sp³-hybridized carbons (Fsp3) is 0.400. The summed E-state index contributed by atoms with van der Waals surface area (Å²) in [6.45, 7) is 1.40. The van der Waals surface area contributed by atoms with E-state index in [0.29, 0.717) is 37.7 Å². The molecule has 0 saturated carbocycles. The minimum Gasteiger partial charge on any atom is -0.486 e. The van der Waals surface area contributed by atoms with Crippen molar-refractivity contribution in [2.45, 2.75) is 24.1 Å². The minimum absolute atomic E-state index is 0.0391. The second kappa shape index (κ2) is 9.86. The number of hydrogen-bond donors (Lipinski definition) is 2. The third kappa shape index (κ3) is 5.04. The molecule has 12 heteroatoms. The van der Waals surface area contributed by atoms with Crippen molar-refractivity contribution in [1.82, 2.24) is 14.9 Å². The number of amides is 2. The monoisotopic (exact) mass is 481 g/mol. The number of benzene rings is 1. The highest BCUT2D eigenvalue weighted by molar-refractivity contribution is 7.89. The lowest BCUT2D eigenvalue weighted by atomic mass is 10.3. The van der Waals surface area contributed by atoms with Gasteiger partial charge in [-0.25, -0.2) is 8.42 Å². The molecule has 1 saturated heterocycles. The molecule has 1 aromatic heterocycles.